The molecule has 0 radical (unpaired) electrons. The van der Waals surface area contributed by atoms with Crippen LogP contribution in [0.2, 0.25) is 0 Å². The Morgan fingerprint density at radius 2 is 1.88 bits per heavy atom. The first-order chi connectivity index (χ1) is 20.9. The highest BCUT2D eigenvalue weighted by atomic mass is 16.6. The molecule has 7 rings (SSSR count). The van der Waals surface area contributed by atoms with Crippen LogP contribution in [0.5, 0.6) is 5.75 Å². The van der Waals surface area contributed by atoms with E-state index in [-0.39, 0.29) is 48.5 Å². The van der Waals surface area contributed by atoms with Crippen molar-refractivity contribution in [3.63, 3.8) is 0 Å². The third kappa shape index (κ3) is 4.37. The summed E-state index contributed by atoms with van der Waals surface area (Å²) < 4.78 is 13.2. The first kappa shape index (κ1) is 28.0. The van der Waals surface area contributed by atoms with E-state index in [4.69, 9.17) is 14.5 Å². The fourth-order valence-corrected chi connectivity index (χ4v) is 7.40. The number of piperidine rings is 2. The van der Waals surface area contributed by atoms with Crippen LogP contribution in [0.3, 0.4) is 0 Å². The van der Waals surface area contributed by atoms with Crippen molar-refractivity contribution in [3.8, 4) is 17.1 Å². The summed E-state index contributed by atoms with van der Waals surface area (Å²) in [5, 5.41) is 12.0. The number of cyclic esters (lactones) is 1. The lowest BCUT2D eigenvalue weighted by molar-refractivity contribution is -0.172. The lowest BCUT2D eigenvalue weighted by atomic mass is 9.86. The third-order valence-electron chi connectivity index (χ3n) is 9.84. The highest BCUT2D eigenvalue weighted by molar-refractivity contribution is 5.95. The molecule has 1 N–H and O–H groups in total. The van der Waals surface area contributed by atoms with Crippen LogP contribution in [0.15, 0.2) is 29.1 Å². The van der Waals surface area contributed by atoms with Crippen molar-refractivity contribution in [1.82, 2.24) is 19.4 Å². The normalized spacial score (nSPS) is 23.5. The van der Waals surface area contributed by atoms with Crippen LogP contribution in [0.4, 0.5) is 4.79 Å². The van der Waals surface area contributed by atoms with Crippen LogP contribution in [0.25, 0.3) is 22.3 Å². The number of esters is 1. The average molecular weight is 587 g/mol. The second kappa shape index (κ2) is 10.7. The van der Waals surface area contributed by atoms with Crippen molar-refractivity contribution >= 4 is 23.0 Å². The Hall–Kier alpha value is -3.76. The summed E-state index contributed by atoms with van der Waals surface area (Å²) in [7, 11) is 0. The number of hydrogen-bond acceptors (Lipinski definition) is 8. The molecule has 2 saturated heterocycles. The number of nitrogens with zero attached hydrogens (tertiary/aromatic N) is 4. The molecule has 0 aliphatic carbocycles. The van der Waals surface area contributed by atoms with Crippen LogP contribution in [0, 0.1) is 0 Å². The fraction of sp³-hybridized carbons (Fsp3) is 0.515. The average Bonchev–Trinajstić information content (AvgIpc) is 3.42. The summed E-state index contributed by atoms with van der Waals surface area (Å²) in [6.45, 7) is 6.31. The van der Waals surface area contributed by atoms with E-state index >= 15 is 0 Å². The fourth-order valence-electron chi connectivity index (χ4n) is 7.40. The number of pyridine rings is 2. The van der Waals surface area contributed by atoms with Crippen molar-refractivity contribution in [1.29, 1.82) is 0 Å². The summed E-state index contributed by atoms with van der Waals surface area (Å²) in [5.41, 5.74) is 1.64. The van der Waals surface area contributed by atoms with Crippen molar-refractivity contribution in [2.75, 3.05) is 19.6 Å². The Morgan fingerprint density at radius 1 is 1.09 bits per heavy atom. The van der Waals surface area contributed by atoms with E-state index in [9.17, 15) is 19.5 Å². The Labute approximate surface area is 250 Å². The molecular weight excluding hydrogens is 548 g/mol. The van der Waals surface area contributed by atoms with Gasteiger partial charge in [-0.25, -0.2) is 14.6 Å². The van der Waals surface area contributed by atoms with Gasteiger partial charge in [0.15, 0.2) is 5.60 Å². The number of hydrogen-bond donors (Lipinski definition) is 1. The number of fused-ring (bicyclic) bond motifs is 5. The van der Waals surface area contributed by atoms with Crippen LogP contribution < -0.4 is 10.3 Å². The van der Waals surface area contributed by atoms with Gasteiger partial charge in [-0.15, -0.1) is 0 Å². The van der Waals surface area contributed by atoms with E-state index in [1.165, 1.54) is 6.42 Å². The minimum absolute atomic E-state index is 0.0182. The highest BCUT2D eigenvalue weighted by Gasteiger charge is 2.46. The molecule has 1 amide bonds. The SMILES string of the molecule is CCc1cccc2c(OC(=O)N3CCCCC3N3CCCCC3)c3c(nc12)-c1cc2c(c(=O)n1C3)COC(=O)[C@]2(O)CC. The molecule has 43 heavy (non-hydrogen) atoms. The summed E-state index contributed by atoms with van der Waals surface area (Å²) in [4.78, 5) is 49.8. The van der Waals surface area contributed by atoms with Gasteiger partial charge in [0.2, 0.25) is 0 Å². The van der Waals surface area contributed by atoms with Gasteiger partial charge in [0.25, 0.3) is 5.56 Å². The zero-order valence-corrected chi connectivity index (χ0v) is 24.9. The van der Waals surface area contributed by atoms with Gasteiger partial charge in [0.05, 0.1) is 35.2 Å². The van der Waals surface area contributed by atoms with Gasteiger partial charge < -0.3 is 19.1 Å². The van der Waals surface area contributed by atoms with Gasteiger partial charge in [-0.1, -0.05) is 32.4 Å². The number of carbonyl (C=O) groups excluding carboxylic acids is 2. The lowest BCUT2D eigenvalue weighted by Gasteiger charge is -2.43. The zero-order valence-electron chi connectivity index (χ0n) is 24.9. The zero-order chi connectivity index (χ0) is 29.9. The quantitative estimate of drug-likeness (QED) is 0.349. The molecule has 0 bridgehead atoms. The Kier molecular flexibility index (Phi) is 7.01. The number of aromatic nitrogens is 2. The molecule has 2 atom stereocenters. The molecule has 1 unspecified atom stereocenters. The molecule has 226 valence electrons. The first-order valence-electron chi connectivity index (χ1n) is 15.7. The molecule has 10 nitrogen and oxygen atoms in total. The minimum atomic E-state index is -1.91. The van der Waals surface area contributed by atoms with Crippen LogP contribution in [-0.4, -0.2) is 62.3 Å². The van der Waals surface area contributed by atoms with Crippen LogP contribution in [-0.2, 0) is 34.7 Å². The molecule has 2 fully saturated rings. The smallest absolute Gasteiger partial charge is 0.416 e. The highest BCUT2D eigenvalue weighted by Crippen LogP contribution is 2.44. The summed E-state index contributed by atoms with van der Waals surface area (Å²) in [6.07, 6.45) is 6.87. The maximum absolute atomic E-state index is 14.0. The van der Waals surface area contributed by atoms with E-state index in [1.807, 2.05) is 30.0 Å². The van der Waals surface area contributed by atoms with Gasteiger partial charge in [-0.05, 0) is 62.6 Å². The number of likely N-dealkylation sites (tertiary alicyclic amines) is 2. The molecule has 10 heteroatoms. The second-order valence-corrected chi connectivity index (χ2v) is 12.2. The molecule has 0 spiro atoms. The molecule has 2 aromatic heterocycles. The number of amides is 1. The number of aliphatic hydroxyl groups is 1. The van der Waals surface area contributed by atoms with Crippen LogP contribution >= 0.6 is 0 Å². The molecule has 3 aromatic rings. The molecule has 6 heterocycles. The van der Waals surface area contributed by atoms with Gasteiger partial charge in [0, 0.05) is 36.1 Å². The van der Waals surface area contributed by atoms with Gasteiger partial charge >= 0.3 is 12.1 Å². The van der Waals surface area contributed by atoms with E-state index in [0.717, 1.165) is 62.6 Å². The van der Waals surface area contributed by atoms with Crippen molar-refractivity contribution in [2.24, 2.45) is 0 Å². The number of rotatable bonds is 4. The minimum Gasteiger partial charge on any atom is -0.458 e. The monoisotopic (exact) mass is 586 g/mol. The van der Waals surface area contributed by atoms with E-state index in [1.54, 1.807) is 17.6 Å². The van der Waals surface area contributed by atoms with Crippen molar-refractivity contribution in [2.45, 2.75) is 90.1 Å². The third-order valence-corrected chi connectivity index (χ3v) is 9.84. The lowest BCUT2D eigenvalue weighted by Crippen LogP contribution is -2.55. The summed E-state index contributed by atoms with van der Waals surface area (Å²) in [5.74, 6) is -0.341. The topological polar surface area (TPSA) is 114 Å². The molecule has 1 aromatic carbocycles. The summed E-state index contributed by atoms with van der Waals surface area (Å²) in [6, 6.07) is 7.57. The van der Waals surface area contributed by atoms with E-state index < -0.39 is 11.6 Å². The predicted octanol–water partition coefficient (Wildman–Crippen LogP) is 4.44. The van der Waals surface area contributed by atoms with Gasteiger partial charge in [-0.2, -0.15) is 0 Å². The molecule has 0 saturated carbocycles. The maximum atomic E-state index is 14.0. The Balaban J connectivity index is 1.36. The number of benzene rings is 1. The number of aryl methyl sites for hydroxylation is 1. The van der Waals surface area contributed by atoms with Crippen LogP contribution in [0.1, 0.15) is 81.0 Å². The number of para-hydroxylation sites is 1. The van der Waals surface area contributed by atoms with Gasteiger partial charge in [0.1, 0.15) is 12.4 Å². The number of carbonyl (C=O) groups is 2. The first-order valence-corrected chi connectivity index (χ1v) is 15.7. The predicted molar refractivity (Wildman–Crippen MR) is 160 cm³/mol. The van der Waals surface area contributed by atoms with E-state index in [2.05, 4.69) is 4.90 Å². The maximum Gasteiger partial charge on any atom is 0.416 e. The Bertz CT molecular complexity index is 1690. The van der Waals surface area contributed by atoms with E-state index in [0.29, 0.717) is 34.8 Å². The molecule has 4 aliphatic rings. The second-order valence-electron chi connectivity index (χ2n) is 12.2. The van der Waals surface area contributed by atoms with Gasteiger partial charge in [-0.3, -0.25) is 14.6 Å². The molecule has 4 aliphatic heterocycles. The van der Waals surface area contributed by atoms with Crippen molar-refractivity contribution in [3.05, 3.63) is 56.9 Å². The Morgan fingerprint density at radius 3 is 2.65 bits per heavy atom. The molecular formula is C33H38N4O6. The standard InChI is InChI=1S/C33H38N4O6/c1-3-20-11-10-12-21-27(20)34-28-22(18-37-25(28)17-24-23(30(37)38)19-42-31(39)33(24,41)4-2)29(21)43-32(40)36-16-9-6-13-26(36)35-14-7-5-8-15-35/h10-12,17,26,41H,3-9,13-16,18-19H2,1-2H3/t26?,33-/m0/s1. The summed E-state index contributed by atoms with van der Waals surface area (Å²) >= 11 is 0. The largest absolute Gasteiger partial charge is 0.458 e. The van der Waals surface area contributed by atoms with Crippen molar-refractivity contribution < 1.29 is 24.2 Å². The number of ether oxygens (including phenoxy) is 2.